The van der Waals surface area contributed by atoms with Gasteiger partial charge in [-0.05, 0) is 92.6 Å². The van der Waals surface area contributed by atoms with Crippen LogP contribution in [0.5, 0.6) is 0 Å². The lowest BCUT2D eigenvalue weighted by atomic mass is 9.61. The summed E-state index contributed by atoms with van der Waals surface area (Å²) in [5.74, 6) is 1.96. The third-order valence-corrected chi connectivity index (χ3v) is 7.91. The summed E-state index contributed by atoms with van der Waals surface area (Å²) in [6, 6.07) is 0. The topological polar surface area (TPSA) is 40.5 Å². The van der Waals surface area contributed by atoms with Gasteiger partial charge in [0, 0.05) is 0 Å². The van der Waals surface area contributed by atoms with E-state index in [1.807, 2.05) is 13.0 Å². The molecule has 0 radical (unpaired) electrons. The van der Waals surface area contributed by atoms with Crippen molar-refractivity contribution < 1.29 is 10.2 Å². The van der Waals surface area contributed by atoms with E-state index < -0.39 is 0 Å². The van der Waals surface area contributed by atoms with Crippen LogP contribution in [0, 0.1) is 23.2 Å². The molecule has 0 aliphatic heterocycles. The van der Waals surface area contributed by atoms with Crippen LogP contribution in [0.15, 0.2) is 59.3 Å². The largest absolute Gasteiger partial charge is 0.393 e. The van der Waals surface area contributed by atoms with Crippen LogP contribution in [0.4, 0.5) is 0 Å². The average molecular weight is 397 g/mol. The number of aliphatic hydroxyl groups excluding tert-OH is 2. The van der Waals surface area contributed by atoms with E-state index in [9.17, 15) is 10.2 Å². The van der Waals surface area contributed by atoms with Gasteiger partial charge in [0.25, 0.3) is 0 Å². The molecule has 0 aromatic carbocycles. The summed E-state index contributed by atoms with van der Waals surface area (Å²) in [4.78, 5) is 0. The highest BCUT2D eigenvalue weighted by atomic mass is 16.3. The quantitative estimate of drug-likeness (QED) is 0.536. The first-order valence-electron chi connectivity index (χ1n) is 11.6. The van der Waals surface area contributed by atoms with Crippen molar-refractivity contribution in [2.24, 2.45) is 23.2 Å². The van der Waals surface area contributed by atoms with E-state index in [4.69, 9.17) is 0 Å². The highest BCUT2D eigenvalue weighted by molar-refractivity contribution is 5.36. The molecule has 29 heavy (non-hydrogen) atoms. The lowest BCUT2D eigenvalue weighted by molar-refractivity contribution is 0.112. The number of aliphatic hydroxyl groups is 2. The van der Waals surface area contributed by atoms with Crippen LogP contribution in [0.25, 0.3) is 0 Å². The zero-order chi connectivity index (χ0) is 21.0. The van der Waals surface area contributed by atoms with E-state index in [-0.39, 0.29) is 12.7 Å². The number of hydrogen-bond acceptors (Lipinski definition) is 2. The lowest BCUT2D eigenvalue weighted by Crippen LogP contribution is -2.35. The van der Waals surface area contributed by atoms with Crippen LogP contribution in [0.1, 0.15) is 72.1 Å². The summed E-state index contributed by atoms with van der Waals surface area (Å²) in [7, 11) is 0. The molecule has 0 bridgehead atoms. The molecule has 0 spiro atoms. The molecule has 3 saturated carbocycles. The van der Waals surface area contributed by atoms with Gasteiger partial charge in [-0.15, -0.1) is 0 Å². The van der Waals surface area contributed by atoms with Gasteiger partial charge >= 0.3 is 0 Å². The van der Waals surface area contributed by atoms with Gasteiger partial charge in [-0.1, -0.05) is 62.0 Å². The smallest absolute Gasteiger partial charge is 0.0642 e. The predicted molar refractivity (Wildman–Crippen MR) is 122 cm³/mol. The third-order valence-electron chi connectivity index (χ3n) is 7.91. The molecule has 3 fully saturated rings. The molecule has 2 heteroatoms. The maximum absolute atomic E-state index is 10.0. The maximum atomic E-state index is 10.0. The molecule has 0 unspecified atom stereocenters. The second-order valence-electron chi connectivity index (χ2n) is 9.94. The summed E-state index contributed by atoms with van der Waals surface area (Å²) >= 11 is 0. The van der Waals surface area contributed by atoms with Crippen LogP contribution in [-0.4, -0.2) is 22.9 Å². The Bertz CT molecular complexity index is 723. The fraction of sp³-hybridized carbons (Fsp3) is 0.630. The Balaban J connectivity index is 1.75. The van der Waals surface area contributed by atoms with Gasteiger partial charge in [0.15, 0.2) is 0 Å². The monoisotopic (exact) mass is 396 g/mol. The van der Waals surface area contributed by atoms with Crippen LogP contribution in [0.2, 0.25) is 0 Å². The molecule has 5 atom stereocenters. The molecule has 2 nitrogen and oxygen atoms in total. The zero-order valence-electron chi connectivity index (χ0n) is 18.7. The molecule has 0 saturated heterocycles. The molecular weight excluding hydrogens is 356 g/mol. The summed E-state index contributed by atoms with van der Waals surface area (Å²) < 4.78 is 0. The second-order valence-corrected chi connectivity index (χ2v) is 9.94. The van der Waals surface area contributed by atoms with Crippen LogP contribution >= 0.6 is 0 Å². The normalized spacial score (nSPS) is 37.5. The average Bonchev–Trinajstić information content (AvgIpc) is 3.06. The van der Waals surface area contributed by atoms with Crippen molar-refractivity contribution in [2.45, 2.75) is 78.2 Å². The first-order valence-corrected chi connectivity index (χ1v) is 11.6. The lowest BCUT2D eigenvalue weighted by Gasteiger charge is -2.44. The minimum absolute atomic E-state index is 0.134. The Morgan fingerprint density at radius 1 is 1.24 bits per heavy atom. The van der Waals surface area contributed by atoms with Crippen molar-refractivity contribution in [3.05, 3.63) is 59.3 Å². The Morgan fingerprint density at radius 2 is 2.03 bits per heavy atom. The van der Waals surface area contributed by atoms with E-state index in [2.05, 4.69) is 44.7 Å². The minimum atomic E-state index is -0.200. The molecule has 3 rings (SSSR count). The molecule has 0 heterocycles. The molecule has 2 N–H and O–H groups in total. The molecule has 3 aliphatic rings. The van der Waals surface area contributed by atoms with Gasteiger partial charge < -0.3 is 10.2 Å². The Kier molecular flexibility index (Phi) is 7.40. The number of rotatable bonds is 5. The maximum Gasteiger partial charge on any atom is 0.0642 e. The number of fused-ring (bicyclic) bond motifs is 1. The summed E-state index contributed by atoms with van der Waals surface area (Å²) in [6.07, 6.45) is 19.9. The van der Waals surface area contributed by atoms with Gasteiger partial charge in [0.2, 0.25) is 0 Å². The van der Waals surface area contributed by atoms with E-state index in [0.29, 0.717) is 17.3 Å². The Labute approximate surface area is 177 Å². The van der Waals surface area contributed by atoms with Crippen molar-refractivity contribution in [1.29, 1.82) is 0 Å². The molecule has 0 aromatic heterocycles. The fourth-order valence-corrected chi connectivity index (χ4v) is 6.12. The molecule has 0 amide bonds. The van der Waals surface area contributed by atoms with Gasteiger partial charge in [-0.25, -0.2) is 0 Å². The van der Waals surface area contributed by atoms with Crippen LogP contribution in [0.3, 0.4) is 0 Å². The SMILES string of the molecule is C=C1CC[C@H](O)C/C1=C/C=C1\CCC[C@]2(C)[C@@H]([C@H](C)/C=C/C=C(\C)CO)CC[C@@H]12. The van der Waals surface area contributed by atoms with E-state index in [1.165, 1.54) is 43.3 Å². The third kappa shape index (κ3) is 5.03. The molecular formula is C27H40O2. The van der Waals surface area contributed by atoms with Crippen molar-refractivity contribution >= 4 is 0 Å². The van der Waals surface area contributed by atoms with Crippen molar-refractivity contribution in [2.75, 3.05) is 6.61 Å². The number of allylic oxidation sites excluding steroid dienone is 7. The summed E-state index contributed by atoms with van der Waals surface area (Å²) in [5, 5.41) is 19.2. The van der Waals surface area contributed by atoms with Gasteiger partial charge in [-0.2, -0.15) is 0 Å². The van der Waals surface area contributed by atoms with Crippen molar-refractivity contribution in [1.82, 2.24) is 0 Å². The highest BCUT2D eigenvalue weighted by Gasteiger charge is 2.50. The standard InChI is InChI=1S/C27H40O2/c1-19(18-28)7-5-8-21(3)25-14-15-26-22(9-6-16-27(25,26)4)11-12-23-17-24(29)13-10-20(23)2/h5,7-8,11-12,21,24-26,28-29H,2,6,9-10,13-18H2,1,3-4H3/b8-5+,19-7+,22-11+,23-12-/t21-,24+,25-,26+,27-/m1/s1. The Morgan fingerprint density at radius 3 is 2.79 bits per heavy atom. The van der Waals surface area contributed by atoms with Crippen LogP contribution < -0.4 is 0 Å². The first-order chi connectivity index (χ1) is 13.8. The molecule has 3 aliphatic carbocycles. The minimum Gasteiger partial charge on any atom is -0.393 e. The molecule has 160 valence electrons. The summed E-state index contributed by atoms with van der Waals surface area (Å²) in [6.45, 7) is 11.2. The second kappa shape index (κ2) is 9.62. The van der Waals surface area contributed by atoms with Gasteiger partial charge in [0.1, 0.15) is 0 Å². The highest BCUT2D eigenvalue weighted by Crippen LogP contribution is 2.59. The van der Waals surface area contributed by atoms with Gasteiger partial charge in [-0.3, -0.25) is 0 Å². The van der Waals surface area contributed by atoms with Crippen molar-refractivity contribution in [3.63, 3.8) is 0 Å². The van der Waals surface area contributed by atoms with Crippen molar-refractivity contribution in [3.8, 4) is 0 Å². The molecule has 0 aromatic rings. The summed E-state index contributed by atoms with van der Waals surface area (Å²) in [5.41, 5.74) is 5.47. The van der Waals surface area contributed by atoms with E-state index in [1.54, 1.807) is 5.57 Å². The van der Waals surface area contributed by atoms with Gasteiger partial charge in [0.05, 0.1) is 12.7 Å². The first kappa shape index (κ1) is 22.3. The zero-order valence-corrected chi connectivity index (χ0v) is 18.7. The van der Waals surface area contributed by atoms with E-state index in [0.717, 1.165) is 30.8 Å². The van der Waals surface area contributed by atoms with E-state index >= 15 is 0 Å². The number of hydrogen-bond donors (Lipinski definition) is 2. The Hall–Kier alpha value is -1.38. The fourth-order valence-electron chi connectivity index (χ4n) is 6.12. The predicted octanol–water partition coefficient (Wildman–Crippen LogP) is 6.29. The van der Waals surface area contributed by atoms with Crippen LogP contribution in [-0.2, 0) is 0 Å².